The fraction of sp³-hybridized carbons (Fsp3) is 0.560. The van der Waals surface area contributed by atoms with E-state index in [0.717, 1.165) is 58.4 Å². The van der Waals surface area contributed by atoms with Crippen molar-refractivity contribution in [2.24, 2.45) is 11.8 Å². The highest BCUT2D eigenvalue weighted by Crippen LogP contribution is 2.33. The molecule has 0 bridgehead atoms. The monoisotopic (exact) mass is 454 g/mol. The van der Waals surface area contributed by atoms with Gasteiger partial charge in [-0.3, -0.25) is 9.59 Å². The van der Waals surface area contributed by atoms with Crippen molar-refractivity contribution in [1.82, 2.24) is 20.0 Å². The van der Waals surface area contributed by atoms with Gasteiger partial charge >= 0.3 is 0 Å². The molecule has 0 spiro atoms. The SMILES string of the molecule is CC[C@@H](C(=O)NCCCN1C[C@H](C)C[C@H](C)C1)n1nc(C)c2sc3ccccc3c2c1=O. The quantitative estimate of drug-likeness (QED) is 0.539. The van der Waals surface area contributed by atoms with E-state index < -0.39 is 6.04 Å². The summed E-state index contributed by atoms with van der Waals surface area (Å²) in [4.78, 5) is 28.9. The molecule has 172 valence electrons. The molecule has 1 fully saturated rings. The normalized spacial score (nSPS) is 20.6. The van der Waals surface area contributed by atoms with E-state index in [0.29, 0.717) is 18.4 Å². The molecule has 1 amide bonds. The minimum atomic E-state index is -0.598. The van der Waals surface area contributed by atoms with Crippen LogP contribution in [0, 0.1) is 18.8 Å². The molecule has 1 saturated heterocycles. The Labute approximate surface area is 193 Å². The topological polar surface area (TPSA) is 67.2 Å². The van der Waals surface area contributed by atoms with Crippen LogP contribution in [0.25, 0.3) is 20.2 Å². The number of aromatic nitrogens is 2. The Morgan fingerprint density at radius 1 is 1.25 bits per heavy atom. The molecule has 6 nitrogen and oxygen atoms in total. The van der Waals surface area contributed by atoms with Gasteiger partial charge in [-0.15, -0.1) is 11.3 Å². The summed E-state index contributed by atoms with van der Waals surface area (Å²) in [7, 11) is 0. The summed E-state index contributed by atoms with van der Waals surface area (Å²) in [6.07, 6.45) is 2.74. The van der Waals surface area contributed by atoms with E-state index >= 15 is 0 Å². The van der Waals surface area contributed by atoms with Crippen molar-refractivity contribution in [2.45, 2.75) is 53.0 Å². The van der Waals surface area contributed by atoms with Crippen molar-refractivity contribution in [1.29, 1.82) is 0 Å². The minimum Gasteiger partial charge on any atom is -0.354 e. The molecule has 32 heavy (non-hydrogen) atoms. The van der Waals surface area contributed by atoms with E-state index in [2.05, 4.69) is 29.2 Å². The Bertz CT molecular complexity index is 1160. The highest BCUT2D eigenvalue weighted by molar-refractivity contribution is 7.26. The van der Waals surface area contributed by atoms with E-state index in [4.69, 9.17) is 0 Å². The summed E-state index contributed by atoms with van der Waals surface area (Å²) in [6, 6.07) is 7.33. The van der Waals surface area contributed by atoms with E-state index in [-0.39, 0.29) is 11.5 Å². The van der Waals surface area contributed by atoms with Crippen LogP contribution in [0.5, 0.6) is 0 Å². The lowest BCUT2D eigenvalue weighted by molar-refractivity contribution is -0.124. The van der Waals surface area contributed by atoms with Gasteiger partial charge in [-0.2, -0.15) is 5.10 Å². The number of nitrogens with one attached hydrogen (secondary N) is 1. The predicted molar refractivity (Wildman–Crippen MR) is 132 cm³/mol. The van der Waals surface area contributed by atoms with Gasteiger partial charge in [0.15, 0.2) is 0 Å². The number of aryl methyl sites for hydroxylation is 1. The number of piperidine rings is 1. The Kier molecular flexibility index (Phi) is 6.96. The number of hydrogen-bond acceptors (Lipinski definition) is 5. The predicted octanol–water partition coefficient (Wildman–Crippen LogP) is 4.35. The third-order valence-corrected chi connectivity index (χ3v) is 7.76. The molecule has 3 heterocycles. The van der Waals surface area contributed by atoms with Crippen LogP contribution in [-0.4, -0.2) is 46.8 Å². The number of carbonyl (C=O) groups is 1. The number of rotatable bonds is 7. The largest absolute Gasteiger partial charge is 0.354 e. The van der Waals surface area contributed by atoms with Gasteiger partial charge in [0, 0.05) is 29.7 Å². The van der Waals surface area contributed by atoms with Crippen LogP contribution in [-0.2, 0) is 4.79 Å². The lowest BCUT2D eigenvalue weighted by Crippen LogP contribution is -2.41. The number of hydrogen-bond donors (Lipinski definition) is 1. The maximum Gasteiger partial charge on any atom is 0.276 e. The number of likely N-dealkylation sites (tertiary alicyclic amines) is 1. The van der Waals surface area contributed by atoms with E-state index in [1.54, 1.807) is 11.3 Å². The Morgan fingerprint density at radius 3 is 2.69 bits per heavy atom. The van der Waals surface area contributed by atoms with Gasteiger partial charge in [-0.25, -0.2) is 4.68 Å². The Balaban J connectivity index is 1.47. The maximum absolute atomic E-state index is 13.4. The number of carbonyl (C=O) groups excluding carboxylic acids is 1. The molecule has 0 saturated carbocycles. The highest BCUT2D eigenvalue weighted by atomic mass is 32.1. The van der Waals surface area contributed by atoms with Crippen molar-refractivity contribution in [3.05, 3.63) is 40.3 Å². The number of thiophene rings is 1. The van der Waals surface area contributed by atoms with Gasteiger partial charge in [0.1, 0.15) is 6.04 Å². The molecule has 1 aromatic carbocycles. The van der Waals surface area contributed by atoms with Crippen LogP contribution in [0.4, 0.5) is 0 Å². The number of benzene rings is 1. The molecule has 0 radical (unpaired) electrons. The molecule has 1 N–H and O–H groups in total. The van der Waals surface area contributed by atoms with Gasteiger partial charge in [0.05, 0.1) is 15.8 Å². The average molecular weight is 455 g/mol. The van der Waals surface area contributed by atoms with Gasteiger partial charge in [0.25, 0.3) is 5.56 Å². The molecular weight excluding hydrogens is 420 g/mol. The zero-order valence-electron chi connectivity index (χ0n) is 19.6. The summed E-state index contributed by atoms with van der Waals surface area (Å²) < 4.78 is 3.38. The smallest absolute Gasteiger partial charge is 0.276 e. The van der Waals surface area contributed by atoms with Crippen LogP contribution in [0.1, 0.15) is 51.8 Å². The second-order valence-electron chi connectivity index (χ2n) is 9.41. The Hall–Kier alpha value is -2.25. The molecule has 0 unspecified atom stereocenters. The summed E-state index contributed by atoms with van der Waals surface area (Å²) in [5.41, 5.74) is 0.613. The molecule has 3 aromatic rings. The van der Waals surface area contributed by atoms with Crippen molar-refractivity contribution in [3.8, 4) is 0 Å². The van der Waals surface area contributed by atoms with Crippen LogP contribution in [0.2, 0.25) is 0 Å². The standard InChI is InChI=1S/C25H34N4O2S/c1-5-20(24(30)26-11-8-12-28-14-16(2)13-17(3)15-28)29-25(31)22-19-9-6-7-10-21(19)32-23(22)18(4)27-29/h6-7,9-10,16-17,20H,5,8,11-15H2,1-4H3,(H,26,30)/t16-,17+,20-/m0/s1. The van der Waals surface area contributed by atoms with Crippen LogP contribution in [0.15, 0.2) is 29.1 Å². The molecule has 7 heteroatoms. The van der Waals surface area contributed by atoms with E-state index in [1.807, 2.05) is 38.1 Å². The van der Waals surface area contributed by atoms with Crippen molar-refractivity contribution in [3.63, 3.8) is 0 Å². The fourth-order valence-electron chi connectivity index (χ4n) is 5.17. The first-order valence-electron chi connectivity index (χ1n) is 11.8. The zero-order chi connectivity index (χ0) is 22.8. The molecule has 1 aliphatic rings. The van der Waals surface area contributed by atoms with E-state index in [1.165, 1.54) is 11.1 Å². The van der Waals surface area contributed by atoms with Gasteiger partial charge < -0.3 is 10.2 Å². The fourth-order valence-corrected chi connectivity index (χ4v) is 6.30. The second kappa shape index (κ2) is 9.71. The third kappa shape index (κ3) is 4.59. The molecule has 3 atom stereocenters. The van der Waals surface area contributed by atoms with Gasteiger partial charge in [-0.1, -0.05) is 39.0 Å². The summed E-state index contributed by atoms with van der Waals surface area (Å²) in [5, 5.41) is 9.23. The summed E-state index contributed by atoms with van der Waals surface area (Å²) >= 11 is 1.59. The molecule has 4 rings (SSSR count). The third-order valence-electron chi connectivity index (χ3n) is 6.48. The number of fused-ring (bicyclic) bond motifs is 3. The highest BCUT2D eigenvalue weighted by Gasteiger charge is 2.25. The maximum atomic E-state index is 13.4. The summed E-state index contributed by atoms with van der Waals surface area (Å²) in [6.45, 7) is 12.4. The van der Waals surface area contributed by atoms with E-state index in [9.17, 15) is 9.59 Å². The second-order valence-corrected chi connectivity index (χ2v) is 10.5. The van der Waals surface area contributed by atoms with Crippen LogP contribution < -0.4 is 10.9 Å². The molecule has 0 aliphatic carbocycles. The van der Waals surface area contributed by atoms with Gasteiger partial charge in [-0.05, 0) is 50.6 Å². The van der Waals surface area contributed by atoms with Crippen LogP contribution >= 0.6 is 11.3 Å². The lowest BCUT2D eigenvalue weighted by atomic mass is 9.92. The zero-order valence-corrected chi connectivity index (χ0v) is 20.4. The van der Waals surface area contributed by atoms with Crippen LogP contribution in [0.3, 0.4) is 0 Å². The lowest BCUT2D eigenvalue weighted by Gasteiger charge is -2.35. The van der Waals surface area contributed by atoms with Crippen molar-refractivity contribution < 1.29 is 4.79 Å². The first-order valence-corrected chi connectivity index (χ1v) is 12.6. The molecule has 1 aliphatic heterocycles. The van der Waals surface area contributed by atoms with Gasteiger partial charge in [0.2, 0.25) is 5.91 Å². The number of amides is 1. The van der Waals surface area contributed by atoms with Crippen molar-refractivity contribution >= 4 is 37.4 Å². The average Bonchev–Trinajstić information content (AvgIpc) is 3.15. The van der Waals surface area contributed by atoms with Crippen molar-refractivity contribution in [2.75, 3.05) is 26.2 Å². The summed E-state index contributed by atoms with van der Waals surface area (Å²) in [5.74, 6) is 1.35. The Morgan fingerprint density at radius 2 is 1.97 bits per heavy atom. The number of nitrogens with zero attached hydrogens (tertiary/aromatic N) is 3. The molecular formula is C25H34N4O2S. The minimum absolute atomic E-state index is 0.124. The first-order chi connectivity index (χ1) is 15.4. The first kappa shape index (κ1) is 22.9. The molecule has 2 aromatic heterocycles.